The zero-order valence-electron chi connectivity index (χ0n) is 8.52. The Hall–Kier alpha value is -2.02. The molecule has 0 atom stereocenters. The molecule has 76 valence electrons. The highest BCUT2D eigenvalue weighted by atomic mass is 16.1. The molecule has 1 rings (SSSR count). The van der Waals surface area contributed by atoms with Gasteiger partial charge in [-0.2, -0.15) is 9.98 Å². The number of hydrogen-bond donors (Lipinski definition) is 0. The first-order valence-electron chi connectivity index (χ1n) is 4.40. The van der Waals surface area contributed by atoms with Gasteiger partial charge in [0, 0.05) is 5.56 Å². The van der Waals surface area contributed by atoms with Gasteiger partial charge in [0.25, 0.3) is 0 Å². The summed E-state index contributed by atoms with van der Waals surface area (Å²) in [7, 11) is 0. The van der Waals surface area contributed by atoms with Crippen LogP contribution in [0.4, 0.5) is 0 Å². The SMILES string of the molecule is Cc1cccc(C(N=C=O)N=C=O)c1C. The van der Waals surface area contributed by atoms with Gasteiger partial charge < -0.3 is 0 Å². The lowest BCUT2D eigenvalue weighted by molar-refractivity contribution is 0.551. The molecular formula is C11H10N2O2. The highest BCUT2D eigenvalue weighted by Gasteiger charge is 2.11. The van der Waals surface area contributed by atoms with E-state index >= 15 is 0 Å². The quantitative estimate of drug-likeness (QED) is 0.555. The van der Waals surface area contributed by atoms with Crippen LogP contribution in [0, 0.1) is 13.8 Å². The molecule has 0 amide bonds. The number of aryl methyl sites for hydroxylation is 1. The van der Waals surface area contributed by atoms with E-state index in [9.17, 15) is 9.59 Å². The molecule has 0 saturated heterocycles. The number of isocyanates is 2. The molecule has 0 aliphatic carbocycles. The highest BCUT2D eigenvalue weighted by molar-refractivity contribution is 5.42. The number of rotatable bonds is 3. The minimum absolute atomic E-state index is 0.724. The molecule has 0 saturated carbocycles. The van der Waals surface area contributed by atoms with E-state index in [1.54, 1.807) is 6.07 Å². The van der Waals surface area contributed by atoms with Gasteiger partial charge in [0.15, 0.2) is 6.17 Å². The molecule has 1 aromatic rings. The number of nitrogens with zero attached hydrogens (tertiary/aromatic N) is 2. The summed E-state index contributed by atoms with van der Waals surface area (Å²) in [6.45, 7) is 3.82. The predicted molar refractivity (Wildman–Crippen MR) is 54.9 cm³/mol. The number of hydrogen-bond acceptors (Lipinski definition) is 4. The molecule has 0 bridgehead atoms. The summed E-state index contributed by atoms with van der Waals surface area (Å²) in [5, 5.41) is 0. The second-order valence-corrected chi connectivity index (χ2v) is 3.10. The fourth-order valence-electron chi connectivity index (χ4n) is 1.32. The fraction of sp³-hybridized carbons (Fsp3) is 0.273. The maximum Gasteiger partial charge on any atom is 0.237 e. The topological polar surface area (TPSA) is 58.9 Å². The summed E-state index contributed by atoms with van der Waals surface area (Å²) in [5.74, 6) is 0. The van der Waals surface area contributed by atoms with Crippen LogP contribution in [0.15, 0.2) is 28.2 Å². The lowest BCUT2D eigenvalue weighted by Crippen LogP contribution is -1.96. The third kappa shape index (κ3) is 2.47. The number of carbonyl (C=O) groups excluding carboxylic acids is 2. The van der Waals surface area contributed by atoms with E-state index in [1.807, 2.05) is 26.0 Å². The van der Waals surface area contributed by atoms with Crippen LogP contribution in [-0.2, 0) is 9.59 Å². The molecule has 0 aliphatic rings. The normalized spacial score (nSPS) is 11.1. The molecule has 0 heterocycles. The van der Waals surface area contributed by atoms with E-state index in [0.29, 0.717) is 0 Å². The fourth-order valence-corrected chi connectivity index (χ4v) is 1.32. The van der Waals surface area contributed by atoms with Crippen LogP contribution in [0.2, 0.25) is 0 Å². The Bertz CT molecular complexity index is 438. The van der Waals surface area contributed by atoms with Gasteiger partial charge in [0.2, 0.25) is 12.2 Å². The van der Waals surface area contributed by atoms with Crippen molar-refractivity contribution in [3.63, 3.8) is 0 Å². The molecule has 1 aromatic carbocycles. The van der Waals surface area contributed by atoms with Gasteiger partial charge in [0.1, 0.15) is 0 Å². The molecular weight excluding hydrogens is 192 g/mol. The summed E-state index contributed by atoms with van der Waals surface area (Å²) in [6.07, 6.45) is 1.98. The molecule has 0 aliphatic heterocycles. The Balaban J connectivity index is 3.28. The largest absolute Gasteiger partial charge is 0.237 e. The lowest BCUT2D eigenvalue weighted by Gasteiger charge is -2.09. The van der Waals surface area contributed by atoms with Crippen LogP contribution < -0.4 is 0 Å². The molecule has 4 nitrogen and oxygen atoms in total. The van der Waals surface area contributed by atoms with Crippen LogP contribution in [-0.4, -0.2) is 12.2 Å². The highest BCUT2D eigenvalue weighted by Crippen LogP contribution is 2.23. The molecule has 0 spiro atoms. The van der Waals surface area contributed by atoms with Crippen molar-refractivity contribution in [2.75, 3.05) is 0 Å². The molecule has 0 fully saturated rings. The van der Waals surface area contributed by atoms with E-state index in [0.717, 1.165) is 16.7 Å². The van der Waals surface area contributed by atoms with Crippen molar-refractivity contribution in [2.24, 2.45) is 9.98 Å². The summed E-state index contributed by atoms with van der Waals surface area (Å²) in [4.78, 5) is 27.3. The smallest absolute Gasteiger partial charge is 0.211 e. The van der Waals surface area contributed by atoms with E-state index in [4.69, 9.17) is 0 Å². The summed E-state index contributed by atoms with van der Waals surface area (Å²) >= 11 is 0. The zero-order valence-corrected chi connectivity index (χ0v) is 8.52. The third-order valence-electron chi connectivity index (χ3n) is 2.27. The van der Waals surface area contributed by atoms with Gasteiger partial charge in [-0.3, -0.25) is 0 Å². The van der Waals surface area contributed by atoms with Gasteiger partial charge in [-0.05, 0) is 25.0 Å². The van der Waals surface area contributed by atoms with Crippen LogP contribution >= 0.6 is 0 Å². The molecule has 0 N–H and O–H groups in total. The van der Waals surface area contributed by atoms with Crippen LogP contribution in [0.1, 0.15) is 22.9 Å². The van der Waals surface area contributed by atoms with E-state index in [1.165, 1.54) is 12.2 Å². The van der Waals surface area contributed by atoms with Crippen LogP contribution in [0.25, 0.3) is 0 Å². The second kappa shape index (κ2) is 5.01. The average molecular weight is 202 g/mol. The summed E-state index contributed by atoms with van der Waals surface area (Å²) < 4.78 is 0. The summed E-state index contributed by atoms with van der Waals surface area (Å²) in [5.41, 5.74) is 2.74. The van der Waals surface area contributed by atoms with Gasteiger partial charge in [-0.25, -0.2) is 9.59 Å². The zero-order chi connectivity index (χ0) is 11.3. The first-order valence-corrected chi connectivity index (χ1v) is 4.40. The van der Waals surface area contributed by atoms with E-state index < -0.39 is 6.17 Å². The van der Waals surface area contributed by atoms with Crippen LogP contribution in [0.3, 0.4) is 0 Å². The third-order valence-corrected chi connectivity index (χ3v) is 2.27. The minimum atomic E-state index is -0.820. The molecule has 15 heavy (non-hydrogen) atoms. The van der Waals surface area contributed by atoms with Crippen molar-refractivity contribution >= 4 is 12.2 Å². The molecule has 0 radical (unpaired) electrons. The standard InChI is InChI=1S/C11H10N2O2/c1-8-4-3-5-10(9(8)2)11(12-6-14)13-7-15/h3-5,11H,1-2H3. The maximum atomic E-state index is 10.2. The van der Waals surface area contributed by atoms with Gasteiger partial charge >= 0.3 is 0 Å². The molecule has 0 aromatic heterocycles. The van der Waals surface area contributed by atoms with E-state index in [-0.39, 0.29) is 0 Å². The Kier molecular flexibility index (Phi) is 3.69. The van der Waals surface area contributed by atoms with Crippen molar-refractivity contribution in [2.45, 2.75) is 20.0 Å². The first-order chi connectivity index (χ1) is 7.20. The minimum Gasteiger partial charge on any atom is -0.211 e. The molecule has 0 unspecified atom stereocenters. The van der Waals surface area contributed by atoms with Crippen molar-refractivity contribution < 1.29 is 9.59 Å². The van der Waals surface area contributed by atoms with Crippen LogP contribution in [0.5, 0.6) is 0 Å². The number of benzene rings is 1. The predicted octanol–water partition coefficient (Wildman–Crippen LogP) is 1.97. The Morgan fingerprint density at radius 3 is 2.27 bits per heavy atom. The second-order valence-electron chi connectivity index (χ2n) is 3.10. The van der Waals surface area contributed by atoms with E-state index in [2.05, 4.69) is 9.98 Å². The van der Waals surface area contributed by atoms with Crippen molar-refractivity contribution in [3.8, 4) is 0 Å². The Morgan fingerprint density at radius 2 is 1.73 bits per heavy atom. The van der Waals surface area contributed by atoms with Crippen molar-refractivity contribution in [1.82, 2.24) is 0 Å². The Labute approximate surface area is 87.4 Å². The van der Waals surface area contributed by atoms with Gasteiger partial charge in [-0.15, -0.1) is 0 Å². The average Bonchev–Trinajstić information content (AvgIpc) is 2.22. The Morgan fingerprint density at radius 1 is 1.13 bits per heavy atom. The monoisotopic (exact) mass is 202 g/mol. The van der Waals surface area contributed by atoms with Crippen molar-refractivity contribution in [3.05, 3.63) is 34.9 Å². The van der Waals surface area contributed by atoms with Gasteiger partial charge in [-0.1, -0.05) is 18.2 Å². The summed E-state index contributed by atoms with van der Waals surface area (Å²) in [6, 6.07) is 5.53. The molecule has 4 heteroatoms. The van der Waals surface area contributed by atoms with Crippen molar-refractivity contribution in [1.29, 1.82) is 0 Å². The lowest BCUT2D eigenvalue weighted by atomic mass is 10.0. The first kappa shape index (κ1) is 11.1. The maximum absolute atomic E-state index is 10.2. The van der Waals surface area contributed by atoms with Gasteiger partial charge in [0.05, 0.1) is 0 Å². The number of aliphatic imine (C=N–C) groups is 2.